The molecule has 0 N–H and O–H groups in total. The molecule has 0 aliphatic carbocycles. The first-order chi connectivity index (χ1) is 8.00. The van der Waals surface area contributed by atoms with Crippen LogP contribution in [-0.2, 0) is 7.05 Å². The zero-order valence-corrected chi connectivity index (χ0v) is 11.4. The van der Waals surface area contributed by atoms with Gasteiger partial charge in [0.1, 0.15) is 7.05 Å². The van der Waals surface area contributed by atoms with Crippen molar-refractivity contribution in [2.45, 2.75) is 27.7 Å². The molecule has 2 aromatic rings. The molecule has 2 nitrogen and oxygen atoms in total. The zero-order chi connectivity index (χ0) is 12.8. The number of nitrogens with zero attached hydrogens (tertiary/aromatic N) is 2. The minimum Gasteiger partial charge on any atom is -0.258 e. The number of aryl methyl sites for hydroxylation is 4. The second-order valence-electron chi connectivity index (χ2n) is 4.31. The van der Waals surface area contributed by atoms with Crippen LogP contribution in [0.25, 0.3) is 0 Å². The molecule has 0 saturated carbocycles. The molecule has 90 valence electrons. The van der Waals surface area contributed by atoms with Gasteiger partial charge in [0.25, 0.3) is 0 Å². The van der Waals surface area contributed by atoms with Crippen LogP contribution in [0.1, 0.15) is 22.6 Å². The van der Waals surface area contributed by atoms with Crippen LogP contribution in [-0.4, -0.2) is 4.98 Å². The van der Waals surface area contributed by atoms with E-state index in [0.717, 1.165) is 11.4 Å². The number of pyridine rings is 2. The highest BCUT2D eigenvalue weighted by molar-refractivity contribution is 5.10. The first-order valence-corrected chi connectivity index (χ1v) is 5.83. The fourth-order valence-electron chi connectivity index (χ4n) is 1.51. The second-order valence-corrected chi connectivity index (χ2v) is 4.31. The summed E-state index contributed by atoms with van der Waals surface area (Å²) in [5, 5.41) is 0. The summed E-state index contributed by atoms with van der Waals surface area (Å²) in [5.41, 5.74) is 4.85. The summed E-state index contributed by atoms with van der Waals surface area (Å²) in [5.74, 6) is 0. The van der Waals surface area contributed by atoms with Crippen molar-refractivity contribution in [3.63, 3.8) is 0 Å². The zero-order valence-electron chi connectivity index (χ0n) is 11.4. The van der Waals surface area contributed by atoms with Crippen LogP contribution >= 0.6 is 0 Å². The molecular weight excluding hydrogens is 208 g/mol. The molecule has 0 atom stereocenters. The van der Waals surface area contributed by atoms with Gasteiger partial charge in [-0.25, -0.2) is 4.57 Å². The Morgan fingerprint density at radius 2 is 1.47 bits per heavy atom. The molecule has 0 aliphatic heterocycles. The molecule has 0 unspecified atom stereocenters. The van der Waals surface area contributed by atoms with E-state index in [1.807, 2.05) is 32.0 Å². The minimum absolute atomic E-state index is 1.09. The molecule has 0 aromatic carbocycles. The van der Waals surface area contributed by atoms with E-state index in [1.165, 1.54) is 11.3 Å². The van der Waals surface area contributed by atoms with Crippen molar-refractivity contribution >= 4 is 0 Å². The Morgan fingerprint density at radius 3 is 1.82 bits per heavy atom. The average molecular weight is 229 g/mol. The van der Waals surface area contributed by atoms with Crippen LogP contribution in [0.2, 0.25) is 0 Å². The molecule has 2 heterocycles. The highest BCUT2D eigenvalue weighted by Gasteiger charge is 1.99. The molecular formula is C15H21N2+. The van der Waals surface area contributed by atoms with Crippen LogP contribution < -0.4 is 4.57 Å². The lowest BCUT2D eigenvalue weighted by Crippen LogP contribution is -2.31. The third-order valence-corrected chi connectivity index (χ3v) is 2.78. The highest BCUT2D eigenvalue weighted by Crippen LogP contribution is 1.96. The Balaban J connectivity index is 0.000000171. The standard InChI is InChI=1S/C8H12N.C7H9N/c1-7-5-4-6-9(3)8(7)2;1-6-4-3-5-7(2)8-6/h4-6H,1-3H3;3-5H,1-2H3/q+1;. The van der Waals surface area contributed by atoms with E-state index >= 15 is 0 Å². The van der Waals surface area contributed by atoms with Gasteiger partial charge in [0.2, 0.25) is 0 Å². The molecule has 0 saturated heterocycles. The van der Waals surface area contributed by atoms with Gasteiger partial charge in [0, 0.05) is 29.9 Å². The van der Waals surface area contributed by atoms with E-state index in [9.17, 15) is 0 Å². The summed E-state index contributed by atoms with van der Waals surface area (Å²) in [7, 11) is 2.06. The quantitative estimate of drug-likeness (QED) is 0.635. The molecule has 17 heavy (non-hydrogen) atoms. The van der Waals surface area contributed by atoms with Crippen molar-refractivity contribution in [2.24, 2.45) is 7.05 Å². The van der Waals surface area contributed by atoms with E-state index in [2.05, 4.69) is 48.8 Å². The van der Waals surface area contributed by atoms with Gasteiger partial charge in [0.05, 0.1) is 0 Å². The summed E-state index contributed by atoms with van der Waals surface area (Å²) in [6, 6.07) is 10.2. The van der Waals surface area contributed by atoms with Gasteiger partial charge in [-0.3, -0.25) is 4.98 Å². The van der Waals surface area contributed by atoms with Crippen LogP contribution in [0.5, 0.6) is 0 Å². The van der Waals surface area contributed by atoms with Crippen molar-refractivity contribution in [3.05, 3.63) is 59.2 Å². The predicted molar refractivity (Wildman–Crippen MR) is 70.8 cm³/mol. The van der Waals surface area contributed by atoms with Gasteiger partial charge in [-0.2, -0.15) is 0 Å². The summed E-state index contributed by atoms with van der Waals surface area (Å²) in [4.78, 5) is 4.17. The van der Waals surface area contributed by atoms with E-state index in [-0.39, 0.29) is 0 Å². The minimum atomic E-state index is 1.09. The maximum Gasteiger partial charge on any atom is 0.180 e. The lowest BCUT2D eigenvalue weighted by Gasteiger charge is -1.94. The van der Waals surface area contributed by atoms with Crippen molar-refractivity contribution in [2.75, 3.05) is 0 Å². The van der Waals surface area contributed by atoms with Gasteiger partial charge < -0.3 is 0 Å². The smallest absolute Gasteiger partial charge is 0.180 e. The van der Waals surface area contributed by atoms with Crippen LogP contribution in [0, 0.1) is 27.7 Å². The topological polar surface area (TPSA) is 16.8 Å². The largest absolute Gasteiger partial charge is 0.258 e. The van der Waals surface area contributed by atoms with Crippen LogP contribution in [0.4, 0.5) is 0 Å². The molecule has 0 radical (unpaired) electrons. The predicted octanol–water partition coefficient (Wildman–Crippen LogP) is 2.83. The van der Waals surface area contributed by atoms with Gasteiger partial charge in [-0.15, -0.1) is 0 Å². The first-order valence-electron chi connectivity index (χ1n) is 5.83. The van der Waals surface area contributed by atoms with Gasteiger partial charge in [0.15, 0.2) is 11.9 Å². The molecule has 0 spiro atoms. The maximum atomic E-state index is 4.17. The van der Waals surface area contributed by atoms with Crippen molar-refractivity contribution in [1.29, 1.82) is 0 Å². The molecule has 0 amide bonds. The summed E-state index contributed by atoms with van der Waals surface area (Å²) >= 11 is 0. The molecule has 2 heteroatoms. The Hall–Kier alpha value is -1.70. The normalized spacial score (nSPS) is 9.47. The van der Waals surface area contributed by atoms with E-state index in [1.54, 1.807) is 0 Å². The van der Waals surface area contributed by atoms with Crippen LogP contribution in [0.15, 0.2) is 36.5 Å². The van der Waals surface area contributed by atoms with Gasteiger partial charge >= 0.3 is 0 Å². The number of aromatic nitrogens is 2. The molecule has 0 fully saturated rings. The highest BCUT2D eigenvalue weighted by atomic mass is 14.9. The molecule has 2 rings (SSSR count). The Bertz CT molecular complexity index is 453. The lowest BCUT2D eigenvalue weighted by atomic mass is 10.2. The first kappa shape index (κ1) is 13.4. The van der Waals surface area contributed by atoms with Gasteiger partial charge in [-0.1, -0.05) is 6.07 Å². The fraction of sp³-hybridized carbons (Fsp3) is 0.333. The monoisotopic (exact) mass is 229 g/mol. The summed E-state index contributed by atoms with van der Waals surface area (Å²) in [6.45, 7) is 8.23. The van der Waals surface area contributed by atoms with E-state index in [0.29, 0.717) is 0 Å². The van der Waals surface area contributed by atoms with Crippen molar-refractivity contribution < 1.29 is 4.57 Å². The lowest BCUT2D eigenvalue weighted by molar-refractivity contribution is -0.678. The Morgan fingerprint density at radius 1 is 0.882 bits per heavy atom. The fourth-order valence-corrected chi connectivity index (χ4v) is 1.51. The summed E-state index contributed by atoms with van der Waals surface area (Å²) < 4.78 is 2.12. The third kappa shape index (κ3) is 4.35. The van der Waals surface area contributed by atoms with E-state index < -0.39 is 0 Å². The molecule has 2 aromatic heterocycles. The summed E-state index contributed by atoms with van der Waals surface area (Å²) in [6.07, 6.45) is 2.06. The average Bonchev–Trinajstić information content (AvgIpc) is 2.26. The van der Waals surface area contributed by atoms with E-state index in [4.69, 9.17) is 0 Å². The van der Waals surface area contributed by atoms with Crippen LogP contribution in [0.3, 0.4) is 0 Å². The molecule has 0 bridgehead atoms. The number of hydrogen-bond acceptors (Lipinski definition) is 1. The van der Waals surface area contributed by atoms with Crippen molar-refractivity contribution in [3.8, 4) is 0 Å². The number of rotatable bonds is 0. The third-order valence-electron chi connectivity index (χ3n) is 2.78. The number of hydrogen-bond donors (Lipinski definition) is 0. The maximum absolute atomic E-state index is 4.17. The van der Waals surface area contributed by atoms with Gasteiger partial charge in [-0.05, 0) is 39.0 Å². The SMILES string of the molecule is Cc1ccc[n+](C)c1C.Cc1cccc(C)n1. The second kappa shape index (κ2) is 6.14. The molecule has 0 aliphatic rings. The van der Waals surface area contributed by atoms with Crippen molar-refractivity contribution in [1.82, 2.24) is 4.98 Å². The Labute approximate surface area is 104 Å². The Kier molecular flexibility index (Phi) is 4.83.